The Morgan fingerprint density at radius 2 is 1.66 bits per heavy atom. The monoisotopic (exact) mass is 418 g/mol. The molecule has 0 aliphatic rings. The Morgan fingerprint density at radius 3 is 2.21 bits per heavy atom. The lowest BCUT2D eigenvalue weighted by Crippen LogP contribution is -2.53. The molecule has 0 fully saturated rings. The van der Waals surface area contributed by atoms with Gasteiger partial charge in [0.2, 0.25) is 11.8 Å². The molecule has 4 nitrogen and oxygen atoms in total. The minimum Gasteiger partial charge on any atom is -0.350 e. The van der Waals surface area contributed by atoms with Crippen molar-refractivity contribution < 1.29 is 14.0 Å². The zero-order chi connectivity index (χ0) is 21.6. The van der Waals surface area contributed by atoms with Gasteiger partial charge in [-0.25, -0.2) is 4.39 Å². The van der Waals surface area contributed by atoms with Gasteiger partial charge in [0, 0.05) is 17.1 Å². The Balaban J connectivity index is 2.35. The third kappa shape index (κ3) is 6.57. The molecule has 1 unspecified atom stereocenters. The number of benzene rings is 2. The average Bonchev–Trinajstić information content (AvgIpc) is 2.63. The maximum absolute atomic E-state index is 14.1. The lowest BCUT2D eigenvalue weighted by Gasteiger charge is -2.33. The summed E-state index contributed by atoms with van der Waals surface area (Å²) in [5, 5.41) is 3.46. The maximum atomic E-state index is 14.1. The van der Waals surface area contributed by atoms with Crippen LogP contribution in [0.4, 0.5) is 4.39 Å². The van der Waals surface area contributed by atoms with E-state index in [0.29, 0.717) is 17.0 Å². The molecule has 0 aliphatic carbocycles. The van der Waals surface area contributed by atoms with Gasteiger partial charge in [-0.1, -0.05) is 54.9 Å². The molecule has 2 amide bonds. The molecule has 0 aromatic heterocycles. The summed E-state index contributed by atoms with van der Waals surface area (Å²) in [5.41, 5.74) is 0.598. The fourth-order valence-electron chi connectivity index (χ4n) is 3.09. The van der Waals surface area contributed by atoms with Crippen LogP contribution in [-0.2, 0) is 22.6 Å². The molecule has 6 heteroatoms. The highest BCUT2D eigenvalue weighted by Gasteiger charge is 2.31. The predicted molar refractivity (Wildman–Crippen MR) is 114 cm³/mol. The summed E-state index contributed by atoms with van der Waals surface area (Å²) < 4.78 is 14.1. The first-order valence-corrected chi connectivity index (χ1v) is 10.1. The van der Waals surface area contributed by atoms with E-state index in [4.69, 9.17) is 11.6 Å². The summed E-state index contributed by atoms with van der Waals surface area (Å²) in [6, 6.07) is 12.7. The molecule has 156 valence electrons. The van der Waals surface area contributed by atoms with Crippen molar-refractivity contribution in [3.63, 3.8) is 0 Å². The van der Waals surface area contributed by atoms with E-state index in [2.05, 4.69) is 5.32 Å². The third-order valence-corrected chi connectivity index (χ3v) is 4.85. The fourth-order valence-corrected chi connectivity index (χ4v) is 3.28. The zero-order valence-corrected chi connectivity index (χ0v) is 18.1. The number of hydrogen-bond donors (Lipinski definition) is 1. The molecule has 0 aliphatic heterocycles. The molecule has 1 atom stereocenters. The van der Waals surface area contributed by atoms with Crippen molar-refractivity contribution in [3.8, 4) is 0 Å². The molecular weight excluding hydrogens is 391 g/mol. The summed E-state index contributed by atoms with van der Waals surface area (Å²) in [6.45, 7) is 7.68. The van der Waals surface area contributed by atoms with Crippen molar-refractivity contribution in [2.24, 2.45) is 0 Å². The second kappa shape index (κ2) is 9.88. The standard InChI is InChI=1S/C23H28ClFN2O2/c1-5-20(22(29)26-23(2,3)4)27(15-17-11-6-8-12-18(17)24)21(28)14-16-10-7-9-13-19(16)25/h6-13,20H,5,14-15H2,1-4H3,(H,26,29). The molecule has 0 saturated heterocycles. The molecule has 0 saturated carbocycles. The zero-order valence-electron chi connectivity index (χ0n) is 17.3. The van der Waals surface area contributed by atoms with E-state index in [0.717, 1.165) is 5.56 Å². The van der Waals surface area contributed by atoms with E-state index in [1.54, 1.807) is 30.3 Å². The first-order chi connectivity index (χ1) is 13.6. The van der Waals surface area contributed by atoms with Crippen LogP contribution >= 0.6 is 11.6 Å². The summed E-state index contributed by atoms with van der Waals surface area (Å²) in [4.78, 5) is 27.6. The molecule has 2 aromatic carbocycles. The van der Waals surface area contributed by atoms with Crippen LogP contribution in [0.5, 0.6) is 0 Å². The van der Waals surface area contributed by atoms with Gasteiger partial charge >= 0.3 is 0 Å². The fraction of sp³-hybridized carbons (Fsp3) is 0.391. The van der Waals surface area contributed by atoms with E-state index in [1.165, 1.54) is 11.0 Å². The van der Waals surface area contributed by atoms with Gasteiger partial charge in [-0.05, 0) is 50.5 Å². The van der Waals surface area contributed by atoms with Crippen molar-refractivity contribution in [1.29, 1.82) is 0 Å². The van der Waals surface area contributed by atoms with Crippen LogP contribution in [0.2, 0.25) is 5.02 Å². The van der Waals surface area contributed by atoms with Crippen LogP contribution in [-0.4, -0.2) is 28.3 Å². The molecule has 1 N–H and O–H groups in total. The first-order valence-electron chi connectivity index (χ1n) is 9.70. The van der Waals surface area contributed by atoms with Crippen molar-refractivity contribution in [3.05, 3.63) is 70.5 Å². The summed E-state index contributed by atoms with van der Waals surface area (Å²) in [7, 11) is 0. The lowest BCUT2D eigenvalue weighted by molar-refractivity contribution is -0.141. The Kier molecular flexibility index (Phi) is 7.80. The molecule has 0 radical (unpaired) electrons. The number of rotatable bonds is 7. The Labute approximate surface area is 177 Å². The highest BCUT2D eigenvalue weighted by molar-refractivity contribution is 6.31. The number of carbonyl (C=O) groups excluding carboxylic acids is 2. The van der Waals surface area contributed by atoms with E-state index < -0.39 is 17.4 Å². The molecule has 0 spiro atoms. The summed E-state index contributed by atoms with van der Waals surface area (Å²) in [6.07, 6.45) is 0.297. The number of amides is 2. The van der Waals surface area contributed by atoms with Crippen LogP contribution in [0.25, 0.3) is 0 Å². The van der Waals surface area contributed by atoms with Gasteiger partial charge in [-0.15, -0.1) is 0 Å². The van der Waals surface area contributed by atoms with Crippen molar-refractivity contribution >= 4 is 23.4 Å². The lowest BCUT2D eigenvalue weighted by atomic mass is 10.0. The smallest absolute Gasteiger partial charge is 0.243 e. The molecule has 0 bridgehead atoms. The van der Waals surface area contributed by atoms with E-state index in [9.17, 15) is 14.0 Å². The number of hydrogen-bond acceptors (Lipinski definition) is 2. The maximum Gasteiger partial charge on any atom is 0.243 e. The van der Waals surface area contributed by atoms with Gasteiger partial charge in [0.15, 0.2) is 0 Å². The molecule has 2 rings (SSSR count). The van der Waals surface area contributed by atoms with Crippen LogP contribution in [0.3, 0.4) is 0 Å². The summed E-state index contributed by atoms with van der Waals surface area (Å²) >= 11 is 6.29. The SMILES string of the molecule is CCC(C(=O)NC(C)(C)C)N(Cc1ccccc1Cl)C(=O)Cc1ccccc1F. The molecular formula is C23H28ClFN2O2. The van der Waals surface area contributed by atoms with Crippen LogP contribution in [0, 0.1) is 5.82 Å². The van der Waals surface area contributed by atoms with Crippen LogP contribution < -0.4 is 5.32 Å². The van der Waals surface area contributed by atoms with Crippen molar-refractivity contribution in [1.82, 2.24) is 10.2 Å². The number of nitrogens with one attached hydrogen (secondary N) is 1. The number of carbonyl (C=O) groups is 2. The van der Waals surface area contributed by atoms with Crippen LogP contribution in [0.15, 0.2) is 48.5 Å². The Bertz CT molecular complexity index is 864. The number of nitrogens with zero attached hydrogens (tertiary/aromatic N) is 1. The Hall–Kier alpha value is -2.40. The topological polar surface area (TPSA) is 49.4 Å². The first kappa shape index (κ1) is 22.9. The second-order valence-corrected chi connectivity index (χ2v) is 8.45. The molecule has 29 heavy (non-hydrogen) atoms. The van der Waals surface area contributed by atoms with E-state index in [-0.39, 0.29) is 24.8 Å². The largest absolute Gasteiger partial charge is 0.350 e. The van der Waals surface area contributed by atoms with E-state index >= 15 is 0 Å². The van der Waals surface area contributed by atoms with Gasteiger partial charge in [0.05, 0.1) is 6.42 Å². The average molecular weight is 419 g/mol. The van der Waals surface area contributed by atoms with Crippen LogP contribution in [0.1, 0.15) is 45.2 Å². The molecule has 2 aromatic rings. The van der Waals surface area contributed by atoms with Gasteiger partial charge in [-0.2, -0.15) is 0 Å². The highest BCUT2D eigenvalue weighted by atomic mass is 35.5. The minimum atomic E-state index is -0.690. The second-order valence-electron chi connectivity index (χ2n) is 8.04. The Morgan fingerprint density at radius 1 is 1.07 bits per heavy atom. The summed E-state index contributed by atoms with van der Waals surface area (Å²) in [5.74, 6) is -1.01. The molecule has 0 heterocycles. The van der Waals surface area contributed by atoms with Gasteiger partial charge in [0.25, 0.3) is 0 Å². The van der Waals surface area contributed by atoms with Gasteiger partial charge < -0.3 is 10.2 Å². The normalized spacial score (nSPS) is 12.3. The van der Waals surface area contributed by atoms with Crippen molar-refractivity contribution in [2.45, 2.75) is 58.7 Å². The quantitative estimate of drug-likeness (QED) is 0.705. The van der Waals surface area contributed by atoms with Gasteiger partial charge in [-0.3, -0.25) is 9.59 Å². The highest BCUT2D eigenvalue weighted by Crippen LogP contribution is 2.21. The predicted octanol–water partition coefficient (Wildman–Crippen LogP) is 4.74. The van der Waals surface area contributed by atoms with Gasteiger partial charge in [0.1, 0.15) is 11.9 Å². The van der Waals surface area contributed by atoms with E-state index in [1.807, 2.05) is 39.8 Å². The minimum absolute atomic E-state index is 0.129. The van der Waals surface area contributed by atoms with Crippen molar-refractivity contribution in [2.75, 3.05) is 0 Å². The third-order valence-electron chi connectivity index (χ3n) is 4.48. The number of halogens is 2.